The number of aromatic nitrogens is 1. The highest BCUT2D eigenvalue weighted by Crippen LogP contribution is 2.34. The number of hydrogen-bond donors (Lipinski definition) is 0. The molecule has 0 aliphatic carbocycles. The molecule has 0 radical (unpaired) electrons. The lowest BCUT2D eigenvalue weighted by Crippen LogP contribution is -2.35. The molecule has 3 rings (SSSR count). The summed E-state index contributed by atoms with van der Waals surface area (Å²) in [6, 6.07) is 0. The Kier molecular flexibility index (Phi) is 3.27. The first-order chi connectivity index (χ1) is 10.0. The van der Waals surface area contributed by atoms with Crippen LogP contribution in [0.25, 0.3) is 0 Å². The average Bonchev–Trinajstić information content (AvgIpc) is 2.96. The minimum absolute atomic E-state index is 0.315. The maximum Gasteiger partial charge on any atom is 0.102 e. The zero-order chi connectivity index (χ0) is 15.1. The first-order valence-corrected chi connectivity index (χ1v) is 7.32. The molecule has 2 aliphatic heterocycles. The van der Waals surface area contributed by atoms with Crippen molar-refractivity contribution >= 4 is 11.4 Å². The quantitative estimate of drug-likeness (QED) is 0.832. The van der Waals surface area contributed by atoms with Crippen molar-refractivity contribution in [1.82, 2.24) is 14.8 Å². The zero-order valence-corrected chi connectivity index (χ0v) is 13.4. The summed E-state index contributed by atoms with van der Waals surface area (Å²) in [5, 5.41) is 0. The Morgan fingerprint density at radius 3 is 1.57 bits per heavy atom. The van der Waals surface area contributed by atoms with Gasteiger partial charge in [0, 0.05) is 38.9 Å². The highest BCUT2D eigenvalue weighted by atomic mass is 15.4. The van der Waals surface area contributed by atoms with Gasteiger partial charge >= 0.3 is 0 Å². The lowest BCUT2D eigenvalue weighted by atomic mass is 10.1. The predicted octanol–water partition coefficient (Wildman–Crippen LogP) is 2.53. The van der Waals surface area contributed by atoms with E-state index in [9.17, 15) is 0 Å². The highest BCUT2D eigenvalue weighted by Gasteiger charge is 2.26. The third kappa shape index (κ3) is 2.13. The van der Waals surface area contributed by atoms with E-state index in [2.05, 4.69) is 84.2 Å². The van der Waals surface area contributed by atoms with Gasteiger partial charge in [0.2, 0.25) is 0 Å². The molecule has 1 aromatic heterocycles. The van der Waals surface area contributed by atoms with Crippen molar-refractivity contribution in [3.05, 3.63) is 42.8 Å². The second-order valence-corrected chi connectivity index (χ2v) is 5.81. The van der Waals surface area contributed by atoms with Crippen LogP contribution in [0.2, 0.25) is 0 Å². The number of anilines is 2. The van der Waals surface area contributed by atoms with Gasteiger partial charge in [0.1, 0.15) is 12.3 Å². The van der Waals surface area contributed by atoms with Crippen LogP contribution in [0.5, 0.6) is 0 Å². The van der Waals surface area contributed by atoms with E-state index in [0.717, 1.165) is 11.4 Å². The normalized spacial score (nSPS) is 24.6. The van der Waals surface area contributed by atoms with Gasteiger partial charge in [-0.05, 0) is 26.3 Å². The first-order valence-electron chi connectivity index (χ1n) is 7.32. The van der Waals surface area contributed by atoms with Gasteiger partial charge in [0.05, 0.1) is 23.8 Å². The molecular formula is C16H23N5. The molecule has 1 aromatic rings. The van der Waals surface area contributed by atoms with Crippen LogP contribution in [-0.4, -0.2) is 41.2 Å². The topological polar surface area (TPSA) is 25.9 Å². The monoisotopic (exact) mass is 285 g/mol. The molecule has 2 atom stereocenters. The Labute approximate surface area is 126 Å². The van der Waals surface area contributed by atoms with Crippen molar-refractivity contribution in [3.8, 4) is 0 Å². The van der Waals surface area contributed by atoms with E-state index in [1.165, 1.54) is 5.56 Å². The van der Waals surface area contributed by atoms with Crippen LogP contribution in [0.4, 0.5) is 11.4 Å². The minimum Gasteiger partial charge on any atom is -0.359 e. The van der Waals surface area contributed by atoms with E-state index >= 15 is 0 Å². The largest absolute Gasteiger partial charge is 0.359 e. The fourth-order valence-corrected chi connectivity index (χ4v) is 2.83. The Bertz CT molecular complexity index is 546. The second-order valence-electron chi connectivity index (χ2n) is 5.81. The average molecular weight is 285 g/mol. The van der Waals surface area contributed by atoms with Crippen molar-refractivity contribution < 1.29 is 0 Å². The van der Waals surface area contributed by atoms with E-state index in [4.69, 9.17) is 0 Å². The van der Waals surface area contributed by atoms with Gasteiger partial charge in [-0.15, -0.1) is 0 Å². The van der Waals surface area contributed by atoms with Gasteiger partial charge < -0.3 is 19.6 Å². The summed E-state index contributed by atoms with van der Waals surface area (Å²) in [6.07, 6.45) is 13.0. The molecule has 0 amide bonds. The maximum atomic E-state index is 4.47. The summed E-state index contributed by atoms with van der Waals surface area (Å²) in [7, 11) is 4.18. The lowest BCUT2D eigenvalue weighted by molar-refractivity contribution is 0.381. The highest BCUT2D eigenvalue weighted by molar-refractivity contribution is 5.68. The van der Waals surface area contributed by atoms with E-state index in [1.54, 1.807) is 0 Å². The molecule has 112 valence electrons. The van der Waals surface area contributed by atoms with E-state index in [-0.39, 0.29) is 0 Å². The van der Waals surface area contributed by atoms with Crippen molar-refractivity contribution in [2.24, 2.45) is 0 Å². The molecule has 21 heavy (non-hydrogen) atoms. The van der Waals surface area contributed by atoms with Crippen LogP contribution in [0.15, 0.2) is 37.2 Å². The minimum atomic E-state index is 0.315. The van der Waals surface area contributed by atoms with E-state index < -0.39 is 0 Å². The standard InChI is InChI=1S/C16H23N5/c1-12-15(20-8-6-18(4)13(20)2)10-17-11-16(12)21-9-7-19(5)14(21)3/h6-11,13-14H,1-5H3/t13-,14+. The SMILES string of the molecule is Cc1c(N2C=CN(C)[C@H]2C)cncc1N1C=CN(C)[C@@H]1C. The predicted molar refractivity (Wildman–Crippen MR) is 86.7 cm³/mol. The summed E-state index contributed by atoms with van der Waals surface area (Å²) < 4.78 is 0. The summed E-state index contributed by atoms with van der Waals surface area (Å²) in [5.41, 5.74) is 3.58. The molecule has 0 N–H and O–H groups in total. The van der Waals surface area contributed by atoms with Crippen molar-refractivity contribution in [2.45, 2.75) is 33.1 Å². The number of rotatable bonds is 2. The third-order valence-corrected chi connectivity index (χ3v) is 4.63. The van der Waals surface area contributed by atoms with Gasteiger partial charge in [0.15, 0.2) is 0 Å². The molecule has 5 nitrogen and oxygen atoms in total. The van der Waals surface area contributed by atoms with Gasteiger partial charge in [-0.3, -0.25) is 4.98 Å². The maximum absolute atomic E-state index is 4.47. The number of hydrogen-bond acceptors (Lipinski definition) is 5. The zero-order valence-electron chi connectivity index (χ0n) is 13.4. The Hall–Kier alpha value is -2.17. The molecule has 5 heteroatoms. The van der Waals surface area contributed by atoms with Crippen LogP contribution in [0.1, 0.15) is 19.4 Å². The second kappa shape index (κ2) is 4.98. The molecule has 0 saturated carbocycles. The summed E-state index contributed by atoms with van der Waals surface area (Å²) >= 11 is 0. The van der Waals surface area contributed by atoms with Crippen LogP contribution in [0.3, 0.4) is 0 Å². The third-order valence-electron chi connectivity index (χ3n) is 4.63. The smallest absolute Gasteiger partial charge is 0.102 e. The van der Waals surface area contributed by atoms with Crippen LogP contribution >= 0.6 is 0 Å². The molecule has 0 aromatic carbocycles. The van der Waals surface area contributed by atoms with Gasteiger partial charge in [-0.2, -0.15) is 0 Å². The Balaban J connectivity index is 1.97. The van der Waals surface area contributed by atoms with Crippen LogP contribution < -0.4 is 9.80 Å². The Morgan fingerprint density at radius 2 is 1.24 bits per heavy atom. The molecular weight excluding hydrogens is 262 g/mol. The first kappa shape index (κ1) is 13.8. The molecule has 0 spiro atoms. The lowest BCUT2D eigenvalue weighted by Gasteiger charge is -2.31. The van der Waals surface area contributed by atoms with E-state index in [0.29, 0.717) is 12.3 Å². The van der Waals surface area contributed by atoms with Crippen LogP contribution in [-0.2, 0) is 0 Å². The van der Waals surface area contributed by atoms with E-state index in [1.807, 2.05) is 12.4 Å². The molecule has 2 aliphatic rings. The number of pyridine rings is 1. The van der Waals surface area contributed by atoms with Gasteiger partial charge in [-0.1, -0.05) is 0 Å². The summed E-state index contributed by atoms with van der Waals surface area (Å²) in [5.74, 6) is 0. The molecule has 0 bridgehead atoms. The number of nitrogens with zero attached hydrogens (tertiary/aromatic N) is 5. The van der Waals surface area contributed by atoms with Crippen molar-refractivity contribution in [3.63, 3.8) is 0 Å². The fraction of sp³-hybridized carbons (Fsp3) is 0.438. The van der Waals surface area contributed by atoms with Crippen molar-refractivity contribution in [1.29, 1.82) is 0 Å². The summed E-state index contributed by atoms with van der Waals surface area (Å²) in [6.45, 7) is 6.56. The molecule has 0 saturated heterocycles. The fourth-order valence-electron chi connectivity index (χ4n) is 2.83. The Morgan fingerprint density at radius 1 is 0.810 bits per heavy atom. The summed E-state index contributed by atoms with van der Waals surface area (Å²) in [4.78, 5) is 13.4. The van der Waals surface area contributed by atoms with Crippen LogP contribution in [0, 0.1) is 6.92 Å². The molecule has 0 fully saturated rings. The van der Waals surface area contributed by atoms with Crippen molar-refractivity contribution in [2.75, 3.05) is 23.9 Å². The van der Waals surface area contributed by atoms with Gasteiger partial charge in [0.25, 0.3) is 0 Å². The molecule has 3 heterocycles. The molecule has 0 unspecified atom stereocenters. The van der Waals surface area contributed by atoms with Gasteiger partial charge in [-0.25, -0.2) is 0 Å².